The molecule has 122 valence electrons. The van der Waals surface area contributed by atoms with Crippen LogP contribution in [0.2, 0.25) is 0 Å². The van der Waals surface area contributed by atoms with Crippen molar-refractivity contribution in [2.75, 3.05) is 6.54 Å². The highest BCUT2D eigenvalue weighted by Crippen LogP contribution is 2.31. The van der Waals surface area contributed by atoms with Crippen LogP contribution in [0.25, 0.3) is 22.0 Å². The van der Waals surface area contributed by atoms with E-state index in [4.69, 9.17) is 0 Å². The highest BCUT2D eigenvalue weighted by atomic mass is 16.2. The SMILES string of the molecule is CC(C)N1CC(c2ncc(-c3cccc4ccccc34)[nH]2)CC1=O. The van der Waals surface area contributed by atoms with E-state index < -0.39 is 0 Å². The summed E-state index contributed by atoms with van der Waals surface area (Å²) < 4.78 is 0. The first kappa shape index (κ1) is 14.9. The molecule has 24 heavy (non-hydrogen) atoms. The summed E-state index contributed by atoms with van der Waals surface area (Å²) in [5, 5.41) is 2.43. The number of imidazole rings is 1. The molecule has 1 aliphatic heterocycles. The maximum atomic E-state index is 12.1. The number of hydrogen-bond acceptors (Lipinski definition) is 2. The van der Waals surface area contributed by atoms with Gasteiger partial charge in [0.15, 0.2) is 0 Å². The van der Waals surface area contributed by atoms with Crippen LogP contribution in [-0.4, -0.2) is 33.4 Å². The van der Waals surface area contributed by atoms with Crippen LogP contribution in [0.3, 0.4) is 0 Å². The van der Waals surface area contributed by atoms with Gasteiger partial charge in [-0.05, 0) is 24.6 Å². The molecule has 4 nitrogen and oxygen atoms in total. The molecule has 4 heteroatoms. The second kappa shape index (κ2) is 5.78. The average Bonchev–Trinajstić information content (AvgIpc) is 3.21. The molecule has 0 radical (unpaired) electrons. The van der Waals surface area contributed by atoms with E-state index in [0.29, 0.717) is 6.42 Å². The molecule has 4 rings (SSSR count). The molecule has 0 saturated carbocycles. The van der Waals surface area contributed by atoms with E-state index in [9.17, 15) is 4.79 Å². The van der Waals surface area contributed by atoms with Crippen LogP contribution in [0.1, 0.15) is 32.0 Å². The lowest BCUT2D eigenvalue weighted by Gasteiger charge is -2.20. The van der Waals surface area contributed by atoms with Crippen molar-refractivity contribution < 1.29 is 4.79 Å². The van der Waals surface area contributed by atoms with E-state index in [1.807, 2.05) is 11.1 Å². The standard InChI is InChI=1S/C20H21N3O/c1-13(2)23-12-15(10-19(23)24)20-21-11-18(22-20)17-9-5-7-14-6-3-4-8-16(14)17/h3-9,11,13,15H,10,12H2,1-2H3,(H,21,22). The van der Waals surface area contributed by atoms with Gasteiger partial charge in [-0.2, -0.15) is 0 Å². The van der Waals surface area contributed by atoms with Crippen molar-refractivity contribution in [3.63, 3.8) is 0 Å². The van der Waals surface area contributed by atoms with Crippen LogP contribution in [0.4, 0.5) is 0 Å². The number of carbonyl (C=O) groups is 1. The summed E-state index contributed by atoms with van der Waals surface area (Å²) in [5.41, 5.74) is 2.16. The molecule has 1 aliphatic rings. The van der Waals surface area contributed by atoms with Gasteiger partial charge < -0.3 is 9.88 Å². The van der Waals surface area contributed by atoms with Crippen LogP contribution in [0, 0.1) is 0 Å². The molecule has 2 aromatic carbocycles. The lowest BCUT2D eigenvalue weighted by atomic mass is 10.0. The summed E-state index contributed by atoms with van der Waals surface area (Å²) >= 11 is 0. The molecule has 0 bridgehead atoms. The topological polar surface area (TPSA) is 49.0 Å². The molecule has 0 aliphatic carbocycles. The Kier molecular flexibility index (Phi) is 3.60. The van der Waals surface area contributed by atoms with E-state index in [0.717, 1.165) is 23.6 Å². The van der Waals surface area contributed by atoms with Crippen LogP contribution in [0.5, 0.6) is 0 Å². The quantitative estimate of drug-likeness (QED) is 0.794. The van der Waals surface area contributed by atoms with Crippen molar-refractivity contribution in [1.82, 2.24) is 14.9 Å². The van der Waals surface area contributed by atoms with Crippen molar-refractivity contribution in [3.05, 3.63) is 54.5 Å². The Labute approximate surface area is 141 Å². The molecular formula is C20H21N3O. The molecule has 1 atom stereocenters. The zero-order chi connectivity index (χ0) is 16.7. The Morgan fingerprint density at radius 2 is 1.96 bits per heavy atom. The highest BCUT2D eigenvalue weighted by molar-refractivity contribution is 5.95. The van der Waals surface area contributed by atoms with E-state index in [2.05, 4.69) is 66.3 Å². The molecule has 1 aromatic heterocycles. The minimum atomic E-state index is 0.156. The van der Waals surface area contributed by atoms with Crippen molar-refractivity contribution in [3.8, 4) is 11.3 Å². The zero-order valence-electron chi connectivity index (χ0n) is 14.0. The minimum absolute atomic E-state index is 0.156. The number of hydrogen-bond donors (Lipinski definition) is 1. The largest absolute Gasteiger partial charge is 0.342 e. The number of aromatic nitrogens is 2. The number of benzene rings is 2. The predicted octanol–water partition coefficient (Wildman–Crippen LogP) is 3.95. The fourth-order valence-electron chi connectivity index (χ4n) is 3.56. The van der Waals surface area contributed by atoms with Crippen molar-refractivity contribution >= 4 is 16.7 Å². The third-order valence-electron chi connectivity index (χ3n) is 4.84. The number of amides is 1. The van der Waals surface area contributed by atoms with Gasteiger partial charge in [-0.25, -0.2) is 4.98 Å². The zero-order valence-corrected chi connectivity index (χ0v) is 14.0. The number of carbonyl (C=O) groups excluding carboxylic acids is 1. The van der Waals surface area contributed by atoms with Gasteiger partial charge in [-0.3, -0.25) is 4.79 Å². The van der Waals surface area contributed by atoms with Gasteiger partial charge in [0, 0.05) is 30.5 Å². The summed E-state index contributed by atoms with van der Waals surface area (Å²) in [6.07, 6.45) is 2.43. The summed E-state index contributed by atoms with van der Waals surface area (Å²) in [6.45, 7) is 4.87. The van der Waals surface area contributed by atoms with Crippen molar-refractivity contribution in [2.45, 2.75) is 32.2 Å². The number of likely N-dealkylation sites (tertiary alicyclic amines) is 1. The van der Waals surface area contributed by atoms with E-state index in [1.54, 1.807) is 0 Å². The maximum absolute atomic E-state index is 12.1. The first-order chi connectivity index (χ1) is 11.6. The second-order valence-corrected chi connectivity index (χ2v) is 6.75. The molecule has 3 aromatic rings. The maximum Gasteiger partial charge on any atom is 0.223 e. The normalized spacial score (nSPS) is 18.0. The first-order valence-corrected chi connectivity index (χ1v) is 8.46. The molecular weight excluding hydrogens is 298 g/mol. The number of nitrogens with zero attached hydrogens (tertiary/aromatic N) is 2. The number of rotatable bonds is 3. The van der Waals surface area contributed by atoms with Crippen LogP contribution < -0.4 is 0 Å². The molecule has 1 fully saturated rings. The Bertz CT molecular complexity index is 891. The summed E-state index contributed by atoms with van der Waals surface area (Å²) in [6, 6.07) is 14.9. The third-order valence-corrected chi connectivity index (χ3v) is 4.84. The minimum Gasteiger partial charge on any atom is -0.342 e. The average molecular weight is 319 g/mol. The van der Waals surface area contributed by atoms with Crippen LogP contribution >= 0.6 is 0 Å². The lowest BCUT2D eigenvalue weighted by molar-refractivity contribution is -0.129. The summed E-state index contributed by atoms with van der Waals surface area (Å²) in [5.74, 6) is 1.29. The molecule has 1 unspecified atom stereocenters. The number of nitrogens with one attached hydrogen (secondary N) is 1. The van der Waals surface area contributed by atoms with E-state index in [1.165, 1.54) is 10.8 Å². The molecule has 1 amide bonds. The highest BCUT2D eigenvalue weighted by Gasteiger charge is 2.33. The van der Waals surface area contributed by atoms with Crippen LogP contribution in [-0.2, 0) is 4.79 Å². The molecule has 2 heterocycles. The Balaban J connectivity index is 1.67. The second-order valence-electron chi connectivity index (χ2n) is 6.75. The molecule has 1 saturated heterocycles. The summed E-state index contributed by atoms with van der Waals surface area (Å²) in [7, 11) is 0. The van der Waals surface area contributed by atoms with Crippen molar-refractivity contribution in [1.29, 1.82) is 0 Å². The Hall–Kier alpha value is -2.62. The first-order valence-electron chi connectivity index (χ1n) is 8.46. The van der Waals surface area contributed by atoms with Gasteiger partial charge in [0.25, 0.3) is 0 Å². The smallest absolute Gasteiger partial charge is 0.223 e. The fraction of sp³-hybridized carbons (Fsp3) is 0.300. The Morgan fingerprint density at radius 3 is 2.75 bits per heavy atom. The van der Waals surface area contributed by atoms with E-state index >= 15 is 0 Å². The predicted molar refractivity (Wildman–Crippen MR) is 95.7 cm³/mol. The van der Waals surface area contributed by atoms with Gasteiger partial charge in [0.05, 0.1) is 11.9 Å². The number of fused-ring (bicyclic) bond motifs is 1. The number of aromatic amines is 1. The third kappa shape index (κ3) is 2.48. The lowest BCUT2D eigenvalue weighted by Crippen LogP contribution is -2.31. The van der Waals surface area contributed by atoms with Crippen molar-refractivity contribution in [2.24, 2.45) is 0 Å². The molecule has 1 N–H and O–H groups in total. The molecule has 0 spiro atoms. The Morgan fingerprint density at radius 1 is 1.17 bits per heavy atom. The van der Waals surface area contributed by atoms with Crippen LogP contribution in [0.15, 0.2) is 48.7 Å². The van der Waals surface area contributed by atoms with Gasteiger partial charge in [-0.15, -0.1) is 0 Å². The van der Waals surface area contributed by atoms with Gasteiger partial charge in [-0.1, -0.05) is 42.5 Å². The van der Waals surface area contributed by atoms with Gasteiger partial charge >= 0.3 is 0 Å². The monoisotopic (exact) mass is 319 g/mol. The van der Waals surface area contributed by atoms with E-state index in [-0.39, 0.29) is 17.9 Å². The summed E-state index contributed by atoms with van der Waals surface area (Å²) in [4.78, 5) is 22.1. The van der Waals surface area contributed by atoms with Gasteiger partial charge in [0.1, 0.15) is 5.82 Å². The number of H-pyrrole nitrogens is 1. The fourth-order valence-corrected chi connectivity index (χ4v) is 3.56. The van der Waals surface area contributed by atoms with Gasteiger partial charge in [0.2, 0.25) is 5.91 Å².